The Labute approximate surface area is 304 Å². The molecule has 2 aliphatic carbocycles. The molecule has 0 aromatic heterocycles. The van der Waals surface area contributed by atoms with Crippen molar-refractivity contribution >= 4 is 46.0 Å². The third-order valence-corrected chi connectivity index (χ3v) is 12.5. The van der Waals surface area contributed by atoms with Gasteiger partial charge in [0.05, 0.1) is 18.3 Å². The molecule has 5 amide bonds. The summed E-state index contributed by atoms with van der Waals surface area (Å²) in [6.07, 6.45) is 6.90. The second kappa shape index (κ2) is 14.6. The number of cyclic esters (lactones) is 1. The third-order valence-electron chi connectivity index (χ3n) is 10.7. The zero-order chi connectivity index (χ0) is 37.4. The second-order valence-electron chi connectivity index (χ2n) is 15.2. The Morgan fingerprint density at radius 3 is 2.62 bits per heavy atom. The third kappa shape index (κ3) is 7.98. The van der Waals surface area contributed by atoms with Crippen molar-refractivity contribution < 1.29 is 41.9 Å². The van der Waals surface area contributed by atoms with E-state index in [1.807, 2.05) is 37.3 Å². The molecule has 5 atom stereocenters. The first kappa shape index (κ1) is 37.4. The topological polar surface area (TPSA) is 181 Å². The zero-order valence-corrected chi connectivity index (χ0v) is 30.8. The maximum absolute atomic E-state index is 14.3. The highest BCUT2D eigenvalue weighted by atomic mass is 32.2. The average Bonchev–Trinajstić information content (AvgIpc) is 3.98. The van der Waals surface area contributed by atoms with Gasteiger partial charge in [-0.25, -0.2) is 18.0 Å². The van der Waals surface area contributed by atoms with Crippen molar-refractivity contribution in [2.45, 2.75) is 126 Å². The number of carbonyl (C=O) groups is 5. The number of rotatable bonds is 9. The van der Waals surface area contributed by atoms with Crippen LogP contribution in [0.1, 0.15) is 95.2 Å². The second-order valence-corrected chi connectivity index (χ2v) is 17.2. The number of hydrogen-bond acceptors (Lipinski definition) is 9. The van der Waals surface area contributed by atoms with Crippen LogP contribution < -0.4 is 15.4 Å². The number of benzene rings is 1. The van der Waals surface area contributed by atoms with Gasteiger partial charge in [0.15, 0.2) is 0 Å². The van der Waals surface area contributed by atoms with Crippen LogP contribution in [0, 0.1) is 5.92 Å². The number of carbonyl (C=O) groups excluding carboxylic acids is 5. The van der Waals surface area contributed by atoms with E-state index in [4.69, 9.17) is 9.47 Å². The molecule has 0 unspecified atom stereocenters. The van der Waals surface area contributed by atoms with Crippen molar-refractivity contribution in [3.63, 3.8) is 0 Å². The first-order chi connectivity index (χ1) is 24.7. The molecule has 4 bridgehead atoms. The number of unbranched alkanes of at least 4 members (excludes halogenated alkanes) is 1. The molecule has 1 saturated heterocycles. The summed E-state index contributed by atoms with van der Waals surface area (Å²) in [5, 5.41) is 4.82. The van der Waals surface area contributed by atoms with Crippen LogP contribution in [0.5, 0.6) is 0 Å². The molecule has 0 spiro atoms. The molecule has 5 aliphatic rings. The van der Waals surface area contributed by atoms with Gasteiger partial charge in [-0.05, 0) is 69.1 Å². The van der Waals surface area contributed by atoms with E-state index in [1.54, 1.807) is 18.7 Å². The maximum Gasteiger partial charge on any atom is 0.410 e. The lowest BCUT2D eigenvalue weighted by Crippen LogP contribution is -2.58. The molecule has 3 N–H and O–H groups in total. The van der Waals surface area contributed by atoms with Gasteiger partial charge in [0.2, 0.25) is 21.8 Å². The first-order valence-electron chi connectivity index (χ1n) is 18.2. The Morgan fingerprint density at radius 2 is 1.92 bits per heavy atom. The molecule has 0 radical (unpaired) electrons. The van der Waals surface area contributed by atoms with Crippen molar-refractivity contribution in [1.29, 1.82) is 0 Å². The smallest absolute Gasteiger partial charge is 0.410 e. The lowest BCUT2D eigenvalue weighted by Gasteiger charge is -2.31. The average molecular weight is 740 g/mol. The summed E-state index contributed by atoms with van der Waals surface area (Å²) >= 11 is 0. The van der Waals surface area contributed by atoms with Crippen molar-refractivity contribution in [2.75, 3.05) is 6.54 Å². The molecule has 14 nitrogen and oxygen atoms in total. The minimum absolute atomic E-state index is 0.0765. The van der Waals surface area contributed by atoms with Gasteiger partial charge in [0.1, 0.15) is 29.3 Å². The van der Waals surface area contributed by atoms with Gasteiger partial charge in [-0.1, -0.05) is 56.2 Å². The molecule has 3 fully saturated rings. The number of nitrogens with one attached hydrogen (secondary N) is 3. The fourth-order valence-electron chi connectivity index (χ4n) is 7.33. The Bertz CT molecular complexity index is 1770. The van der Waals surface area contributed by atoms with E-state index in [-0.39, 0.29) is 25.8 Å². The number of hydrogen-bond donors (Lipinski definition) is 3. The van der Waals surface area contributed by atoms with Crippen LogP contribution in [0.3, 0.4) is 0 Å². The normalized spacial score (nSPS) is 28.8. The lowest BCUT2D eigenvalue weighted by atomic mass is 10.00. The fraction of sp³-hybridized carbons (Fsp3) is 0.595. The van der Waals surface area contributed by atoms with E-state index in [0.29, 0.717) is 45.2 Å². The highest BCUT2D eigenvalue weighted by Crippen LogP contribution is 2.45. The van der Waals surface area contributed by atoms with Gasteiger partial charge in [0, 0.05) is 18.9 Å². The number of nitrogens with zero attached hydrogens (tertiary/aromatic N) is 2. The standard InChI is InChI=1S/C37H49N5O9S/c1-5-7-14-29-32(44)42-21-26(18-30(42)31(43)39-37(19-25(37)6-2)33(45)40-52(48,49)27-15-16-27)50-35(47)41-20-24-13-10-12-23(28(24)22-41)11-8-9-17-36(3,4)51-34(46)38-29/h6,8,10-13,25-27,29-30H,2,5,7,9,14-22H2,1,3-4H3,(H,38,46)(H,39,43)(H,40,45)/t25-,26-,29+,30+,37-/m1/s1. The Kier molecular flexibility index (Phi) is 10.5. The molecule has 15 heteroatoms. The maximum atomic E-state index is 14.3. The van der Waals surface area contributed by atoms with E-state index < -0.39 is 80.4 Å². The fourth-order valence-corrected chi connectivity index (χ4v) is 8.69. The summed E-state index contributed by atoms with van der Waals surface area (Å²) < 4.78 is 39.2. The van der Waals surface area contributed by atoms with Gasteiger partial charge in [-0.15, -0.1) is 6.58 Å². The van der Waals surface area contributed by atoms with E-state index in [0.717, 1.165) is 23.1 Å². The van der Waals surface area contributed by atoms with Gasteiger partial charge in [0.25, 0.3) is 5.91 Å². The monoisotopic (exact) mass is 739 g/mol. The lowest BCUT2D eigenvalue weighted by molar-refractivity contribution is -0.141. The quantitative estimate of drug-likeness (QED) is 0.319. The number of ether oxygens (including phenoxy) is 2. The molecular formula is C37H49N5O9S. The Morgan fingerprint density at radius 1 is 1.15 bits per heavy atom. The Balaban J connectivity index is 1.28. The minimum Gasteiger partial charge on any atom is -0.444 e. The molecule has 2 saturated carbocycles. The summed E-state index contributed by atoms with van der Waals surface area (Å²) in [7, 11) is -3.91. The SMILES string of the molecule is C=C[C@@H]1C[C@]1(NC(=O)[C@@H]1C[C@@H]2CN1C(=O)[C@H](CCCC)NC(=O)OC(C)(C)CCC=Cc1cccc3c1CN(C3)C(=O)O2)C(=O)NS(=O)(=O)C1CC1. The molecular weight excluding hydrogens is 691 g/mol. The van der Waals surface area contributed by atoms with Gasteiger partial charge in [-0.2, -0.15) is 0 Å². The van der Waals surface area contributed by atoms with Crippen LogP contribution in [0.4, 0.5) is 9.59 Å². The predicted octanol–water partition coefficient (Wildman–Crippen LogP) is 3.65. The Hall–Kier alpha value is -4.40. The van der Waals surface area contributed by atoms with Crippen LogP contribution in [0.2, 0.25) is 0 Å². The van der Waals surface area contributed by atoms with Crippen molar-refractivity contribution in [2.24, 2.45) is 5.92 Å². The molecule has 1 aromatic rings. The molecule has 282 valence electrons. The molecule has 3 heterocycles. The van der Waals surface area contributed by atoms with E-state index in [2.05, 4.69) is 21.9 Å². The molecule has 1 aromatic carbocycles. The number of allylic oxidation sites excluding steroid dienone is 1. The number of alkyl carbamates (subject to hydrolysis) is 1. The predicted molar refractivity (Wildman–Crippen MR) is 191 cm³/mol. The highest BCUT2D eigenvalue weighted by molar-refractivity contribution is 7.91. The van der Waals surface area contributed by atoms with Crippen LogP contribution in [0.25, 0.3) is 6.08 Å². The number of amides is 5. The zero-order valence-electron chi connectivity index (χ0n) is 30.0. The van der Waals surface area contributed by atoms with Crippen LogP contribution >= 0.6 is 0 Å². The summed E-state index contributed by atoms with van der Waals surface area (Å²) in [6, 6.07) is 3.62. The van der Waals surface area contributed by atoms with E-state index in [1.165, 1.54) is 11.0 Å². The summed E-state index contributed by atoms with van der Waals surface area (Å²) in [4.78, 5) is 71.6. The largest absolute Gasteiger partial charge is 0.444 e. The van der Waals surface area contributed by atoms with Crippen LogP contribution in [0.15, 0.2) is 36.9 Å². The van der Waals surface area contributed by atoms with Gasteiger partial charge in [-0.3, -0.25) is 24.0 Å². The number of sulfonamides is 1. The summed E-state index contributed by atoms with van der Waals surface area (Å²) in [6.45, 7) is 9.83. The van der Waals surface area contributed by atoms with E-state index in [9.17, 15) is 32.4 Å². The van der Waals surface area contributed by atoms with Crippen LogP contribution in [-0.4, -0.2) is 89.2 Å². The molecule has 6 rings (SSSR count). The summed E-state index contributed by atoms with van der Waals surface area (Å²) in [5.74, 6) is -2.67. The van der Waals surface area contributed by atoms with Gasteiger partial charge >= 0.3 is 12.2 Å². The highest BCUT2D eigenvalue weighted by Gasteiger charge is 2.62. The van der Waals surface area contributed by atoms with Gasteiger partial charge < -0.3 is 25.0 Å². The first-order valence-corrected chi connectivity index (χ1v) is 19.7. The van der Waals surface area contributed by atoms with Crippen molar-refractivity contribution in [1.82, 2.24) is 25.2 Å². The van der Waals surface area contributed by atoms with Crippen LogP contribution in [-0.2, 0) is 47.0 Å². The molecule has 52 heavy (non-hydrogen) atoms. The minimum atomic E-state index is -3.91. The van der Waals surface area contributed by atoms with Crippen molar-refractivity contribution in [3.05, 3.63) is 53.6 Å². The van der Waals surface area contributed by atoms with E-state index >= 15 is 0 Å². The molecule has 3 aliphatic heterocycles. The number of fused-ring (bicyclic) bond motifs is 3. The van der Waals surface area contributed by atoms with Crippen molar-refractivity contribution in [3.8, 4) is 0 Å². The summed E-state index contributed by atoms with van der Waals surface area (Å²) in [5.41, 5.74) is 0.521.